The summed E-state index contributed by atoms with van der Waals surface area (Å²) in [6.45, 7) is 1.35. The molecule has 2 aromatic heterocycles. The minimum atomic E-state index is -0.0779. The molecule has 3 aromatic rings. The average molecular weight is 501 g/mol. The van der Waals surface area contributed by atoms with E-state index in [-0.39, 0.29) is 23.3 Å². The number of rotatable bonds is 10. The molecular formula is C25H32N4O3S2. The van der Waals surface area contributed by atoms with Crippen molar-refractivity contribution in [3.05, 3.63) is 56.7 Å². The van der Waals surface area contributed by atoms with Gasteiger partial charge in [-0.3, -0.25) is 14.2 Å². The van der Waals surface area contributed by atoms with Crippen molar-refractivity contribution in [1.29, 1.82) is 0 Å². The van der Waals surface area contributed by atoms with Crippen LogP contribution in [0.15, 0.2) is 40.3 Å². The van der Waals surface area contributed by atoms with E-state index in [4.69, 9.17) is 9.72 Å². The van der Waals surface area contributed by atoms with Crippen molar-refractivity contribution < 1.29 is 9.53 Å². The van der Waals surface area contributed by atoms with E-state index in [1.807, 2.05) is 32.3 Å². The number of methoxy groups -OCH3 is 1. The number of hydrogen-bond acceptors (Lipinski definition) is 7. The smallest absolute Gasteiger partial charge is 0.263 e. The monoisotopic (exact) mass is 500 g/mol. The standard InChI is InChI=1S/C25H32N4O3S2/c1-28(2)19(17-9-5-4-6-10-17)15-26-21(30)16-33-25-27-23-22(24(31)29(25)13-14-32-3)18-11-7-8-12-20(18)34-23/h4-6,9-10,19H,7-8,11-16H2,1-3H3,(H,26,30)/t19-/m1/s1. The minimum Gasteiger partial charge on any atom is -0.383 e. The summed E-state index contributed by atoms with van der Waals surface area (Å²) in [6, 6.07) is 10.2. The van der Waals surface area contributed by atoms with E-state index in [1.165, 1.54) is 22.2 Å². The van der Waals surface area contributed by atoms with E-state index in [9.17, 15) is 9.59 Å². The molecule has 1 atom stereocenters. The SMILES string of the molecule is COCCn1c(SCC(=O)NC[C@H](c2ccccc2)N(C)C)nc2sc3c(c2c1=O)CCCC3. The molecule has 1 aromatic carbocycles. The van der Waals surface area contributed by atoms with Crippen molar-refractivity contribution >= 4 is 39.2 Å². The van der Waals surface area contributed by atoms with E-state index in [1.54, 1.807) is 23.0 Å². The summed E-state index contributed by atoms with van der Waals surface area (Å²) in [5, 5.41) is 4.39. The molecule has 1 N–H and O–H groups in total. The third-order valence-corrected chi connectivity index (χ3v) is 8.35. The quantitative estimate of drug-likeness (QED) is 0.339. The van der Waals surface area contributed by atoms with Gasteiger partial charge < -0.3 is 15.0 Å². The number of benzene rings is 1. The Balaban J connectivity index is 1.49. The Bertz CT molecular complexity index is 1190. The van der Waals surface area contributed by atoms with Crippen LogP contribution in [-0.2, 0) is 28.9 Å². The van der Waals surface area contributed by atoms with Gasteiger partial charge in [0.1, 0.15) is 4.83 Å². The molecule has 7 nitrogen and oxygen atoms in total. The molecule has 0 saturated carbocycles. The summed E-state index contributed by atoms with van der Waals surface area (Å²) in [7, 11) is 5.64. The van der Waals surface area contributed by atoms with Crippen LogP contribution < -0.4 is 10.9 Å². The Kier molecular flexibility index (Phi) is 8.41. The number of likely N-dealkylation sites (N-methyl/N-ethyl adjacent to an activating group) is 1. The number of thioether (sulfide) groups is 1. The summed E-state index contributed by atoms with van der Waals surface area (Å²) in [4.78, 5) is 35.2. The van der Waals surface area contributed by atoms with E-state index >= 15 is 0 Å². The van der Waals surface area contributed by atoms with Crippen LogP contribution in [0.25, 0.3) is 10.2 Å². The number of nitrogens with zero attached hydrogens (tertiary/aromatic N) is 3. The van der Waals surface area contributed by atoms with Gasteiger partial charge in [-0.2, -0.15) is 0 Å². The van der Waals surface area contributed by atoms with Crippen molar-refractivity contribution in [3.8, 4) is 0 Å². The molecule has 0 saturated heterocycles. The van der Waals surface area contributed by atoms with E-state index in [0.717, 1.165) is 41.5 Å². The summed E-state index contributed by atoms with van der Waals surface area (Å²) < 4.78 is 6.92. The number of amides is 1. The zero-order valence-corrected chi connectivity index (χ0v) is 21.6. The van der Waals surface area contributed by atoms with Crippen LogP contribution in [0.1, 0.15) is 34.9 Å². The van der Waals surface area contributed by atoms with Gasteiger partial charge in [0.25, 0.3) is 5.56 Å². The van der Waals surface area contributed by atoms with E-state index in [0.29, 0.717) is 24.9 Å². The fourth-order valence-electron chi connectivity index (χ4n) is 4.38. The molecule has 0 bridgehead atoms. The third kappa shape index (κ3) is 5.54. The number of carbonyl (C=O) groups excluding carboxylic acids is 1. The maximum Gasteiger partial charge on any atom is 0.263 e. The highest BCUT2D eigenvalue weighted by Gasteiger charge is 2.23. The van der Waals surface area contributed by atoms with Gasteiger partial charge in [0.2, 0.25) is 5.91 Å². The second-order valence-electron chi connectivity index (χ2n) is 8.72. The summed E-state index contributed by atoms with van der Waals surface area (Å²) >= 11 is 2.95. The fraction of sp³-hybridized carbons (Fsp3) is 0.480. The third-order valence-electron chi connectivity index (χ3n) is 6.19. The van der Waals surface area contributed by atoms with Crippen LogP contribution in [0.3, 0.4) is 0 Å². The summed E-state index contributed by atoms with van der Waals surface area (Å²) in [5.41, 5.74) is 2.32. The van der Waals surface area contributed by atoms with Crippen LogP contribution >= 0.6 is 23.1 Å². The number of thiophene rings is 1. The number of fused-ring (bicyclic) bond motifs is 3. The highest BCUT2D eigenvalue weighted by atomic mass is 32.2. The summed E-state index contributed by atoms with van der Waals surface area (Å²) in [5.74, 6) is 0.121. The molecule has 34 heavy (non-hydrogen) atoms. The molecule has 0 spiro atoms. The molecule has 0 fully saturated rings. The molecular weight excluding hydrogens is 468 g/mol. The van der Waals surface area contributed by atoms with Crippen molar-refractivity contribution in [3.63, 3.8) is 0 Å². The van der Waals surface area contributed by atoms with Gasteiger partial charge in [-0.25, -0.2) is 4.98 Å². The van der Waals surface area contributed by atoms with Gasteiger partial charge in [0.05, 0.1) is 30.3 Å². The van der Waals surface area contributed by atoms with Gasteiger partial charge in [-0.05, 0) is 50.9 Å². The lowest BCUT2D eigenvalue weighted by Gasteiger charge is -2.25. The minimum absolute atomic E-state index is 0.0129. The first kappa shape index (κ1) is 24.9. The Morgan fingerprint density at radius 2 is 2.03 bits per heavy atom. The first-order valence-corrected chi connectivity index (χ1v) is 13.4. The zero-order valence-electron chi connectivity index (χ0n) is 20.0. The molecule has 0 radical (unpaired) electrons. The molecule has 1 aliphatic carbocycles. The normalized spacial score (nSPS) is 14.4. The Morgan fingerprint density at radius 3 is 2.76 bits per heavy atom. The van der Waals surface area contributed by atoms with Gasteiger partial charge in [0.15, 0.2) is 5.16 Å². The maximum atomic E-state index is 13.4. The first-order valence-electron chi connectivity index (χ1n) is 11.6. The van der Waals surface area contributed by atoms with Gasteiger partial charge in [-0.15, -0.1) is 11.3 Å². The number of nitrogens with one attached hydrogen (secondary N) is 1. The number of ether oxygens (including phenoxy) is 1. The molecule has 1 aliphatic rings. The van der Waals surface area contributed by atoms with E-state index in [2.05, 4.69) is 22.3 Å². The molecule has 1 amide bonds. The Hall–Kier alpha value is -2.20. The molecule has 9 heteroatoms. The van der Waals surface area contributed by atoms with Gasteiger partial charge >= 0.3 is 0 Å². The zero-order chi connectivity index (χ0) is 24.1. The van der Waals surface area contributed by atoms with Crippen molar-refractivity contribution in [1.82, 2.24) is 19.8 Å². The van der Waals surface area contributed by atoms with Crippen LogP contribution in [-0.4, -0.2) is 60.5 Å². The number of carbonyl (C=O) groups is 1. The summed E-state index contributed by atoms with van der Waals surface area (Å²) in [6.07, 6.45) is 4.24. The van der Waals surface area contributed by atoms with Crippen molar-refractivity contribution in [2.24, 2.45) is 0 Å². The maximum absolute atomic E-state index is 13.4. The van der Waals surface area contributed by atoms with Crippen molar-refractivity contribution in [2.75, 3.05) is 40.1 Å². The highest BCUT2D eigenvalue weighted by Crippen LogP contribution is 2.34. The van der Waals surface area contributed by atoms with Gasteiger partial charge in [-0.1, -0.05) is 42.1 Å². The second kappa shape index (κ2) is 11.5. The van der Waals surface area contributed by atoms with Gasteiger partial charge in [0, 0.05) is 18.5 Å². The Labute approximate surface area is 208 Å². The van der Waals surface area contributed by atoms with Crippen LogP contribution in [0.5, 0.6) is 0 Å². The number of aromatic nitrogens is 2. The lowest BCUT2D eigenvalue weighted by Crippen LogP contribution is -2.35. The molecule has 0 unspecified atom stereocenters. The van der Waals surface area contributed by atoms with Crippen LogP contribution in [0.4, 0.5) is 0 Å². The number of hydrogen-bond donors (Lipinski definition) is 1. The topological polar surface area (TPSA) is 76.5 Å². The Morgan fingerprint density at radius 1 is 1.26 bits per heavy atom. The lowest BCUT2D eigenvalue weighted by molar-refractivity contribution is -0.118. The molecule has 0 aliphatic heterocycles. The largest absolute Gasteiger partial charge is 0.383 e. The van der Waals surface area contributed by atoms with Crippen molar-refractivity contribution in [2.45, 2.75) is 43.4 Å². The molecule has 4 rings (SSSR count). The predicted molar refractivity (Wildman–Crippen MR) is 139 cm³/mol. The average Bonchev–Trinajstić information content (AvgIpc) is 3.21. The fourth-order valence-corrected chi connectivity index (χ4v) is 6.53. The second-order valence-corrected chi connectivity index (χ2v) is 10.7. The first-order chi connectivity index (χ1) is 16.5. The van der Waals surface area contributed by atoms with Crippen LogP contribution in [0, 0.1) is 0 Å². The predicted octanol–water partition coefficient (Wildman–Crippen LogP) is 3.49. The number of aryl methyl sites for hydroxylation is 2. The van der Waals surface area contributed by atoms with E-state index < -0.39 is 0 Å². The lowest BCUT2D eigenvalue weighted by atomic mass is 9.97. The highest BCUT2D eigenvalue weighted by molar-refractivity contribution is 7.99. The molecule has 2 heterocycles. The van der Waals surface area contributed by atoms with Crippen LogP contribution in [0.2, 0.25) is 0 Å². The molecule has 182 valence electrons.